The predicted molar refractivity (Wildman–Crippen MR) is 94.2 cm³/mol. The number of amides is 1. The summed E-state index contributed by atoms with van der Waals surface area (Å²) in [6.07, 6.45) is 0. The summed E-state index contributed by atoms with van der Waals surface area (Å²) in [4.78, 5) is 16.3. The summed E-state index contributed by atoms with van der Waals surface area (Å²) in [5.41, 5.74) is 0.475. The van der Waals surface area contributed by atoms with Crippen LogP contribution < -0.4 is 5.32 Å². The minimum atomic E-state index is -0.509. The molecule has 0 aromatic heterocycles. The van der Waals surface area contributed by atoms with Gasteiger partial charge >= 0.3 is 0 Å². The van der Waals surface area contributed by atoms with Crippen molar-refractivity contribution in [2.24, 2.45) is 0 Å². The molecule has 1 N–H and O–H groups in total. The van der Waals surface area contributed by atoms with Crippen molar-refractivity contribution in [1.82, 2.24) is 9.80 Å². The lowest BCUT2D eigenvalue weighted by atomic mass is 10.3. The number of piperazine rings is 1. The predicted octanol–water partition coefficient (Wildman–Crippen LogP) is 2.68. The van der Waals surface area contributed by atoms with E-state index < -0.39 is 5.82 Å². The van der Waals surface area contributed by atoms with Crippen LogP contribution in [0.25, 0.3) is 0 Å². The van der Waals surface area contributed by atoms with E-state index in [0.717, 1.165) is 30.5 Å². The molecular formula is C14H17ClFN3OS2. The Bertz CT molecular complexity index is 565. The van der Waals surface area contributed by atoms with Crippen LogP contribution in [0.4, 0.5) is 10.1 Å². The van der Waals surface area contributed by atoms with Gasteiger partial charge in [0.15, 0.2) is 0 Å². The summed E-state index contributed by atoms with van der Waals surface area (Å²) in [7, 11) is 2.08. The van der Waals surface area contributed by atoms with Crippen molar-refractivity contribution in [1.29, 1.82) is 0 Å². The molecule has 1 aromatic carbocycles. The van der Waals surface area contributed by atoms with Gasteiger partial charge in [-0.15, -0.1) is 0 Å². The third-order valence-electron chi connectivity index (χ3n) is 3.29. The van der Waals surface area contributed by atoms with Gasteiger partial charge in [0.05, 0.1) is 10.8 Å². The van der Waals surface area contributed by atoms with Gasteiger partial charge in [0.25, 0.3) is 0 Å². The number of hydrogen-bond donors (Lipinski definition) is 1. The number of carbonyl (C=O) groups is 1. The molecule has 0 unspecified atom stereocenters. The van der Waals surface area contributed by atoms with E-state index in [2.05, 4.69) is 22.2 Å². The third kappa shape index (κ3) is 5.08. The Labute approximate surface area is 144 Å². The van der Waals surface area contributed by atoms with E-state index >= 15 is 0 Å². The summed E-state index contributed by atoms with van der Waals surface area (Å²) in [6, 6.07) is 4.08. The summed E-state index contributed by atoms with van der Waals surface area (Å²) >= 11 is 12.4. The Balaban J connectivity index is 1.77. The fourth-order valence-corrected chi connectivity index (χ4v) is 3.21. The third-order valence-corrected chi connectivity index (χ3v) is 5.10. The van der Waals surface area contributed by atoms with E-state index in [9.17, 15) is 9.18 Å². The van der Waals surface area contributed by atoms with E-state index in [1.54, 1.807) is 0 Å². The zero-order valence-electron chi connectivity index (χ0n) is 12.1. The maximum atomic E-state index is 13.0. The van der Waals surface area contributed by atoms with E-state index in [0.29, 0.717) is 5.69 Å². The molecule has 1 aliphatic heterocycles. The van der Waals surface area contributed by atoms with Crippen LogP contribution >= 0.6 is 35.6 Å². The van der Waals surface area contributed by atoms with E-state index in [1.165, 1.54) is 30.0 Å². The number of thiocarbonyl (C=S) groups is 1. The summed E-state index contributed by atoms with van der Waals surface area (Å²) in [6.45, 7) is 3.72. The van der Waals surface area contributed by atoms with Gasteiger partial charge in [0.1, 0.15) is 10.1 Å². The van der Waals surface area contributed by atoms with E-state index in [1.807, 2.05) is 0 Å². The molecule has 0 spiro atoms. The highest BCUT2D eigenvalue weighted by Crippen LogP contribution is 2.20. The topological polar surface area (TPSA) is 35.6 Å². The van der Waals surface area contributed by atoms with Crippen molar-refractivity contribution in [3.05, 3.63) is 29.0 Å². The van der Waals surface area contributed by atoms with Gasteiger partial charge in [-0.1, -0.05) is 35.6 Å². The van der Waals surface area contributed by atoms with E-state index in [-0.39, 0.29) is 16.7 Å². The minimum Gasteiger partial charge on any atom is -0.355 e. The Morgan fingerprint density at radius 2 is 2.09 bits per heavy atom. The highest BCUT2D eigenvalue weighted by atomic mass is 35.5. The highest BCUT2D eigenvalue weighted by molar-refractivity contribution is 8.23. The molecule has 1 saturated heterocycles. The van der Waals surface area contributed by atoms with Crippen molar-refractivity contribution in [2.75, 3.05) is 44.3 Å². The number of likely N-dealkylation sites (N-methyl/N-ethyl adjacent to an activating group) is 1. The lowest BCUT2D eigenvalue weighted by Crippen LogP contribution is -2.46. The molecule has 1 aliphatic rings. The fourth-order valence-electron chi connectivity index (χ4n) is 1.98. The first-order valence-corrected chi connectivity index (χ1v) is 8.58. The molecule has 0 saturated carbocycles. The maximum absolute atomic E-state index is 13.0. The molecule has 2 rings (SSSR count). The molecular weight excluding hydrogens is 345 g/mol. The van der Waals surface area contributed by atoms with Crippen LogP contribution in [0, 0.1) is 5.82 Å². The summed E-state index contributed by atoms with van der Waals surface area (Å²) < 4.78 is 13.8. The molecule has 120 valence electrons. The van der Waals surface area contributed by atoms with Crippen molar-refractivity contribution in [3.63, 3.8) is 0 Å². The summed E-state index contributed by atoms with van der Waals surface area (Å²) in [5, 5.41) is 2.66. The second-order valence-corrected chi connectivity index (χ2v) is 7.04. The molecule has 1 amide bonds. The number of nitrogens with zero attached hydrogens (tertiary/aromatic N) is 2. The van der Waals surface area contributed by atoms with Crippen molar-refractivity contribution >= 4 is 51.5 Å². The highest BCUT2D eigenvalue weighted by Gasteiger charge is 2.17. The first-order chi connectivity index (χ1) is 10.5. The van der Waals surface area contributed by atoms with Crippen LogP contribution in [0.2, 0.25) is 5.02 Å². The Kier molecular flexibility index (Phi) is 6.43. The minimum absolute atomic E-state index is 0.0154. The standard InChI is InChI=1S/C14H17ClFN3OS2/c1-18-4-6-19(7-5-18)14(21)22-9-13(20)17-10-2-3-12(16)11(15)8-10/h2-3,8H,4-7,9H2,1H3,(H,17,20). The van der Waals surface area contributed by atoms with Crippen molar-refractivity contribution < 1.29 is 9.18 Å². The average Bonchev–Trinajstić information content (AvgIpc) is 2.49. The average molecular weight is 362 g/mol. The number of anilines is 1. The lowest BCUT2D eigenvalue weighted by Gasteiger charge is -2.33. The number of halogens is 2. The quantitative estimate of drug-likeness (QED) is 0.837. The van der Waals surface area contributed by atoms with Crippen LogP contribution in [0.15, 0.2) is 18.2 Å². The van der Waals surface area contributed by atoms with Crippen LogP contribution in [0.5, 0.6) is 0 Å². The number of benzene rings is 1. The molecule has 1 heterocycles. The second kappa shape index (κ2) is 8.10. The molecule has 4 nitrogen and oxygen atoms in total. The number of hydrogen-bond acceptors (Lipinski definition) is 4. The van der Waals surface area contributed by atoms with Gasteiger partial charge in [-0.25, -0.2) is 4.39 Å². The zero-order chi connectivity index (χ0) is 16.1. The number of carbonyl (C=O) groups excluding carboxylic acids is 1. The molecule has 0 atom stereocenters. The fraction of sp³-hybridized carbons (Fsp3) is 0.429. The van der Waals surface area contributed by atoms with Crippen LogP contribution in [0.1, 0.15) is 0 Å². The molecule has 22 heavy (non-hydrogen) atoms. The van der Waals surface area contributed by atoms with Gasteiger partial charge in [-0.2, -0.15) is 0 Å². The lowest BCUT2D eigenvalue weighted by molar-refractivity contribution is -0.113. The zero-order valence-corrected chi connectivity index (χ0v) is 14.5. The molecule has 1 fully saturated rings. The van der Waals surface area contributed by atoms with Crippen LogP contribution in [0.3, 0.4) is 0 Å². The van der Waals surface area contributed by atoms with Gasteiger partial charge < -0.3 is 15.1 Å². The Morgan fingerprint density at radius 3 is 2.73 bits per heavy atom. The molecule has 0 radical (unpaired) electrons. The molecule has 1 aromatic rings. The maximum Gasteiger partial charge on any atom is 0.234 e. The van der Waals surface area contributed by atoms with Gasteiger partial charge in [0.2, 0.25) is 5.91 Å². The SMILES string of the molecule is CN1CCN(C(=S)SCC(=O)Nc2ccc(F)c(Cl)c2)CC1. The first-order valence-electron chi connectivity index (χ1n) is 6.81. The summed E-state index contributed by atoms with van der Waals surface area (Å²) in [5.74, 6) is -0.477. The van der Waals surface area contributed by atoms with Crippen molar-refractivity contribution in [3.8, 4) is 0 Å². The molecule has 8 heteroatoms. The monoisotopic (exact) mass is 361 g/mol. The Morgan fingerprint density at radius 1 is 1.41 bits per heavy atom. The Hall–Kier alpha value is -0.890. The number of thioether (sulfide) groups is 1. The molecule has 0 aliphatic carbocycles. The van der Waals surface area contributed by atoms with Gasteiger partial charge in [0, 0.05) is 31.9 Å². The van der Waals surface area contributed by atoms with Crippen LogP contribution in [-0.4, -0.2) is 59.0 Å². The second-order valence-electron chi connectivity index (χ2n) is 5.02. The van der Waals surface area contributed by atoms with Gasteiger partial charge in [-0.05, 0) is 25.2 Å². The van der Waals surface area contributed by atoms with Gasteiger partial charge in [-0.3, -0.25) is 4.79 Å². The smallest absolute Gasteiger partial charge is 0.234 e. The molecule has 0 bridgehead atoms. The number of nitrogens with one attached hydrogen (secondary N) is 1. The van der Waals surface area contributed by atoms with E-state index in [4.69, 9.17) is 23.8 Å². The first kappa shape index (κ1) is 17.5. The largest absolute Gasteiger partial charge is 0.355 e. The van der Waals surface area contributed by atoms with Crippen LogP contribution in [-0.2, 0) is 4.79 Å². The normalized spacial score (nSPS) is 15.7. The number of rotatable bonds is 3. The van der Waals surface area contributed by atoms with Crippen molar-refractivity contribution in [2.45, 2.75) is 0 Å².